The number of halogens is 1. The molecule has 3 aromatic carbocycles. The summed E-state index contributed by atoms with van der Waals surface area (Å²) in [7, 11) is -3.94. The van der Waals surface area contributed by atoms with Crippen LogP contribution in [0, 0.1) is 19.7 Å². The van der Waals surface area contributed by atoms with Gasteiger partial charge in [0.25, 0.3) is 10.0 Å². The van der Waals surface area contributed by atoms with Crippen LogP contribution < -0.4 is 9.21 Å². The first-order valence-corrected chi connectivity index (χ1v) is 12.6. The predicted octanol–water partition coefficient (Wildman–Crippen LogP) is 3.99. The van der Waals surface area contributed by atoms with E-state index in [-0.39, 0.29) is 23.2 Å². The van der Waals surface area contributed by atoms with E-state index in [1.54, 1.807) is 41.3 Å². The number of aryl methyl sites for hydroxylation is 2. The van der Waals surface area contributed by atoms with Crippen LogP contribution in [0.3, 0.4) is 0 Å². The number of hydrogen-bond acceptors (Lipinski definition) is 4. The molecule has 8 heteroatoms. The van der Waals surface area contributed by atoms with E-state index in [2.05, 4.69) is 4.90 Å². The van der Waals surface area contributed by atoms with Gasteiger partial charge in [0.15, 0.2) is 0 Å². The molecule has 0 radical (unpaired) electrons. The van der Waals surface area contributed by atoms with Gasteiger partial charge in [-0.1, -0.05) is 35.9 Å². The summed E-state index contributed by atoms with van der Waals surface area (Å²) in [6.45, 7) is 5.61. The van der Waals surface area contributed by atoms with E-state index >= 15 is 0 Å². The van der Waals surface area contributed by atoms with E-state index in [1.807, 2.05) is 26.0 Å². The summed E-state index contributed by atoms with van der Waals surface area (Å²) >= 11 is 0. The first-order valence-electron chi connectivity index (χ1n) is 11.2. The van der Waals surface area contributed by atoms with Gasteiger partial charge in [-0.15, -0.1) is 0 Å². The summed E-state index contributed by atoms with van der Waals surface area (Å²) in [5, 5.41) is 0. The molecule has 0 N–H and O–H groups in total. The number of anilines is 2. The van der Waals surface area contributed by atoms with Crippen molar-refractivity contribution in [1.82, 2.24) is 4.90 Å². The monoisotopic (exact) mass is 481 g/mol. The van der Waals surface area contributed by atoms with Crippen LogP contribution in [-0.2, 0) is 14.8 Å². The lowest BCUT2D eigenvalue weighted by Crippen LogP contribution is -2.52. The number of piperazine rings is 1. The van der Waals surface area contributed by atoms with E-state index in [0.717, 1.165) is 16.8 Å². The third-order valence-electron chi connectivity index (χ3n) is 6.06. The molecule has 1 saturated heterocycles. The minimum atomic E-state index is -3.94. The number of benzene rings is 3. The summed E-state index contributed by atoms with van der Waals surface area (Å²) < 4.78 is 41.6. The molecule has 6 nitrogen and oxygen atoms in total. The van der Waals surface area contributed by atoms with Crippen molar-refractivity contribution in [2.75, 3.05) is 41.9 Å². The van der Waals surface area contributed by atoms with Gasteiger partial charge in [0.05, 0.1) is 10.6 Å². The number of carbonyl (C=O) groups excluding carboxylic acids is 1. The highest BCUT2D eigenvalue weighted by Gasteiger charge is 2.31. The fraction of sp³-hybridized carbons (Fsp3) is 0.269. The molecule has 1 heterocycles. The van der Waals surface area contributed by atoms with Gasteiger partial charge in [-0.3, -0.25) is 9.10 Å². The first kappa shape index (κ1) is 23.8. The van der Waals surface area contributed by atoms with Crippen molar-refractivity contribution in [3.8, 4) is 0 Å². The number of nitrogens with zero attached hydrogens (tertiary/aromatic N) is 3. The Bertz CT molecular complexity index is 1260. The van der Waals surface area contributed by atoms with Crippen LogP contribution in [-0.4, -0.2) is 51.9 Å². The van der Waals surface area contributed by atoms with Crippen LogP contribution in [0.4, 0.5) is 15.8 Å². The minimum Gasteiger partial charge on any atom is -0.368 e. The van der Waals surface area contributed by atoms with Gasteiger partial charge in [-0.05, 0) is 61.9 Å². The summed E-state index contributed by atoms with van der Waals surface area (Å²) in [6, 6.07) is 20.0. The zero-order valence-electron chi connectivity index (χ0n) is 19.3. The molecule has 0 saturated carbocycles. The van der Waals surface area contributed by atoms with E-state index in [4.69, 9.17) is 0 Å². The van der Waals surface area contributed by atoms with Crippen LogP contribution >= 0.6 is 0 Å². The molecule has 0 spiro atoms. The zero-order chi connectivity index (χ0) is 24.3. The van der Waals surface area contributed by atoms with Crippen molar-refractivity contribution in [1.29, 1.82) is 0 Å². The highest BCUT2D eigenvalue weighted by atomic mass is 32.2. The quantitative estimate of drug-likeness (QED) is 0.534. The molecule has 0 unspecified atom stereocenters. The second-order valence-corrected chi connectivity index (χ2v) is 10.3. The minimum absolute atomic E-state index is 0.143. The fourth-order valence-electron chi connectivity index (χ4n) is 4.19. The van der Waals surface area contributed by atoms with Crippen molar-refractivity contribution in [3.05, 3.63) is 89.7 Å². The third kappa shape index (κ3) is 5.07. The van der Waals surface area contributed by atoms with Crippen molar-refractivity contribution in [3.63, 3.8) is 0 Å². The summed E-state index contributed by atoms with van der Waals surface area (Å²) in [6.07, 6.45) is 0. The summed E-state index contributed by atoms with van der Waals surface area (Å²) in [4.78, 5) is 17.2. The average molecular weight is 482 g/mol. The van der Waals surface area contributed by atoms with E-state index in [1.165, 1.54) is 28.6 Å². The van der Waals surface area contributed by atoms with Gasteiger partial charge in [-0.25, -0.2) is 12.8 Å². The van der Waals surface area contributed by atoms with Gasteiger partial charge >= 0.3 is 0 Å². The lowest BCUT2D eigenvalue weighted by Gasteiger charge is -2.37. The van der Waals surface area contributed by atoms with Gasteiger partial charge in [-0.2, -0.15) is 0 Å². The van der Waals surface area contributed by atoms with Crippen molar-refractivity contribution >= 4 is 27.3 Å². The van der Waals surface area contributed by atoms with E-state index in [9.17, 15) is 17.6 Å². The van der Waals surface area contributed by atoms with Crippen LogP contribution in [0.15, 0.2) is 77.7 Å². The highest BCUT2D eigenvalue weighted by molar-refractivity contribution is 7.92. The zero-order valence-corrected chi connectivity index (χ0v) is 20.1. The summed E-state index contributed by atoms with van der Waals surface area (Å²) in [5.41, 5.74) is 3.19. The first-order chi connectivity index (χ1) is 16.3. The summed E-state index contributed by atoms with van der Waals surface area (Å²) in [5.74, 6) is -0.540. The van der Waals surface area contributed by atoms with Crippen LogP contribution in [0.25, 0.3) is 0 Å². The second kappa shape index (κ2) is 9.85. The van der Waals surface area contributed by atoms with Gasteiger partial charge in [0.1, 0.15) is 12.4 Å². The Kier molecular flexibility index (Phi) is 6.88. The van der Waals surface area contributed by atoms with Crippen LogP contribution in [0.1, 0.15) is 11.1 Å². The Morgan fingerprint density at radius 1 is 0.912 bits per heavy atom. The Morgan fingerprint density at radius 3 is 2.18 bits per heavy atom. The molecule has 178 valence electrons. The molecule has 0 aromatic heterocycles. The Labute approximate surface area is 200 Å². The van der Waals surface area contributed by atoms with Gasteiger partial charge in [0, 0.05) is 31.9 Å². The number of amides is 1. The molecule has 0 aliphatic carbocycles. The SMILES string of the molecule is Cc1ccc(N(CC(=O)N2CCN(c3ccc(F)cc3)CC2)S(=O)(=O)c2ccccc2)c(C)c1. The molecule has 34 heavy (non-hydrogen) atoms. The Balaban J connectivity index is 1.55. The second-order valence-electron chi connectivity index (χ2n) is 8.46. The van der Waals surface area contributed by atoms with Crippen molar-refractivity contribution in [2.24, 2.45) is 0 Å². The van der Waals surface area contributed by atoms with Gasteiger partial charge in [0.2, 0.25) is 5.91 Å². The van der Waals surface area contributed by atoms with Crippen molar-refractivity contribution < 1.29 is 17.6 Å². The topological polar surface area (TPSA) is 60.9 Å². The highest BCUT2D eigenvalue weighted by Crippen LogP contribution is 2.28. The maximum absolute atomic E-state index is 13.6. The smallest absolute Gasteiger partial charge is 0.264 e. The third-order valence-corrected chi connectivity index (χ3v) is 7.83. The molecular formula is C26H28FN3O3S. The maximum atomic E-state index is 13.6. The molecule has 1 aliphatic rings. The van der Waals surface area contributed by atoms with Crippen LogP contribution in [0.2, 0.25) is 0 Å². The predicted molar refractivity (Wildman–Crippen MR) is 132 cm³/mol. The number of hydrogen-bond donors (Lipinski definition) is 0. The lowest BCUT2D eigenvalue weighted by molar-refractivity contribution is -0.129. The normalized spacial score (nSPS) is 14.2. The molecule has 1 amide bonds. The Morgan fingerprint density at radius 2 is 1.56 bits per heavy atom. The molecule has 0 atom stereocenters. The van der Waals surface area contributed by atoms with Crippen molar-refractivity contribution in [2.45, 2.75) is 18.7 Å². The number of sulfonamides is 1. The molecule has 4 rings (SSSR count). The molecule has 3 aromatic rings. The maximum Gasteiger partial charge on any atom is 0.264 e. The molecule has 1 fully saturated rings. The number of carbonyl (C=O) groups is 1. The molecule has 0 bridgehead atoms. The standard InChI is InChI=1S/C26H28FN3O3S/c1-20-8-13-25(21(2)18-20)30(34(32,33)24-6-4-3-5-7-24)19-26(31)29-16-14-28(15-17-29)23-11-9-22(27)10-12-23/h3-13,18H,14-17,19H2,1-2H3. The Hall–Kier alpha value is -3.39. The lowest BCUT2D eigenvalue weighted by atomic mass is 10.1. The van der Waals surface area contributed by atoms with Gasteiger partial charge < -0.3 is 9.80 Å². The molecule has 1 aliphatic heterocycles. The largest absolute Gasteiger partial charge is 0.368 e. The van der Waals surface area contributed by atoms with E-state index in [0.29, 0.717) is 31.9 Å². The number of rotatable bonds is 6. The fourth-order valence-corrected chi connectivity index (χ4v) is 5.69. The molecular weight excluding hydrogens is 453 g/mol. The van der Waals surface area contributed by atoms with E-state index < -0.39 is 10.0 Å². The van der Waals surface area contributed by atoms with Crippen LogP contribution in [0.5, 0.6) is 0 Å². The average Bonchev–Trinajstić information content (AvgIpc) is 2.84.